The molecule has 0 aliphatic heterocycles. The van der Waals surface area contributed by atoms with Crippen molar-refractivity contribution in [1.82, 2.24) is 4.90 Å². The van der Waals surface area contributed by atoms with Crippen molar-refractivity contribution in [2.24, 2.45) is 5.92 Å². The van der Waals surface area contributed by atoms with E-state index < -0.39 is 0 Å². The Morgan fingerprint density at radius 3 is 2.62 bits per heavy atom. The van der Waals surface area contributed by atoms with E-state index >= 15 is 0 Å². The van der Waals surface area contributed by atoms with E-state index in [1.165, 1.54) is 12.8 Å². The Kier molecular flexibility index (Phi) is 3.91. The molecule has 0 spiro atoms. The maximum absolute atomic E-state index is 11.4. The molecule has 0 aromatic rings. The predicted molar refractivity (Wildman–Crippen MR) is 54.7 cm³/mol. The van der Waals surface area contributed by atoms with Gasteiger partial charge in [0.25, 0.3) is 0 Å². The molecule has 1 atom stereocenters. The lowest BCUT2D eigenvalue weighted by Crippen LogP contribution is -2.35. The molecule has 1 aliphatic rings. The molecule has 0 amide bonds. The quantitative estimate of drug-likeness (QED) is 0.628. The smallest absolute Gasteiger partial charge is 0.146 e. The van der Waals surface area contributed by atoms with Crippen molar-refractivity contribution in [3.05, 3.63) is 0 Å². The summed E-state index contributed by atoms with van der Waals surface area (Å²) in [6, 6.07) is 0.598. The molecule has 1 aliphatic carbocycles. The Hall–Kier alpha value is -0.370. The van der Waals surface area contributed by atoms with Gasteiger partial charge in [-0.15, -0.1) is 0 Å². The van der Waals surface area contributed by atoms with Gasteiger partial charge in [0.1, 0.15) is 5.78 Å². The van der Waals surface area contributed by atoms with Gasteiger partial charge in [-0.3, -0.25) is 9.69 Å². The standard InChI is InChI=1S/C11H21NO/c1-4-5-11(13)8-12(3)9(2)10-6-7-10/h9-10H,4-8H2,1-3H3. The van der Waals surface area contributed by atoms with E-state index in [1.807, 2.05) is 0 Å². The second kappa shape index (κ2) is 4.75. The topological polar surface area (TPSA) is 20.3 Å². The summed E-state index contributed by atoms with van der Waals surface area (Å²) >= 11 is 0. The molecule has 0 aromatic carbocycles. The number of rotatable bonds is 6. The van der Waals surface area contributed by atoms with Gasteiger partial charge in [0, 0.05) is 12.5 Å². The van der Waals surface area contributed by atoms with E-state index in [0.717, 1.165) is 18.8 Å². The molecule has 0 aromatic heterocycles. The Morgan fingerprint density at radius 2 is 2.15 bits per heavy atom. The van der Waals surface area contributed by atoms with Crippen LogP contribution in [0.3, 0.4) is 0 Å². The molecule has 1 fully saturated rings. The van der Waals surface area contributed by atoms with E-state index in [0.29, 0.717) is 18.4 Å². The first-order valence-electron chi connectivity index (χ1n) is 5.37. The maximum atomic E-state index is 11.4. The number of likely N-dealkylation sites (N-methyl/N-ethyl adjacent to an activating group) is 1. The van der Waals surface area contributed by atoms with E-state index in [2.05, 4.69) is 25.8 Å². The summed E-state index contributed by atoms with van der Waals surface area (Å²) in [5.74, 6) is 1.25. The van der Waals surface area contributed by atoms with Gasteiger partial charge in [0.2, 0.25) is 0 Å². The summed E-state index contributed by atoms with van der Waals surface area (Å²) in [5, 5.41) is 0. The largest absolute Gasteiger partial charge is 0.298 e. The molecule has 2 heteroatoms. The number of carbonyl (C=O) groups excluding carboxylic acids is 1. The van der Waals surface area contributed by atoms with Gasteiger partial charge < -0.3 is 0 Å². The molecule has 0 heterocycles. The highest BCUT2D eigenvalue weighted by Gasteiger charge is 2.30. The van der Waals surface area contributed by atoms with Crippen LogP contribution in [0.4, 0.5) is 0 Å². The number of Topliss-reactive ketones (excluding diaryl/α,β-unsaturated/α-hetero) is 1. The fourth-order valence-electron chi connectivity index (χ4n) is 1.72. The number of nitrogens with zero attached hydrogens (tertiary/aromatic N) is 1. The lowest BCUT2D eigenvalue weighted by molar-refractivity contribution is -0.120. The summed E-state index contributed by atoms with van der Waals surface area (Å²) in [7, 11) is 2.07. The maximum Gasteiger partial charge on any atom is 0.146 e. The molecule has 2 nitrogen and oxygen atoms in total. The molecule has 13 heavy (non-hydrogen) atoms. The highest BCUT2D eigenvalue weighted by atomic mass is 16.1. The normalized spacial score (nSPS) is 19.1. The van der Waals surface area contributed by atoms with Gasteiger partial charge >= 0.3 is 0 Å². The predicted octanol–water partition coefficient (Wildman–Crippen LogP) is 2.09. The molecular weight excluding hydrogens is 162 g/mol. The zero-order valence-corrected chi connectivity index (χ0v) is 9.05. The van der Waals surface area contributed by atoms with Crippen molar-refractivity contribution in [2.75, 3.05) is 13.6 Å². The van der Waals surface area contributed by atoms with E-state index in [4.69, 9.17) is 0 Å². The van der Waals surface area contributed by atoms with Gasteiger partial charge in [0.15, 0.2) is 0 Å². The molecule has 1 unspecified atom stereocenters. The van der Waals surface area contributed by atoms with Crippen molar-refractivity contribution >= 4 is 5.78 Å². The van der Waals surface area contributed by atoms with E-state index in [1.54, 1.807) is 0 Å². The Balaban J connectivity index is 2.22. The van der Waals surface area contributed by atoms with E-state index in [9.17, 15) is 4.79 Å². The zero-order valence-electron chi connectivity index (χ0n) is 9.05. The molecule has 0 bridgehead atoms. The molecule has 76 valence electrons. The van der Waals surface area contributed by atoms with Crippen molar-refractivity contribution in [3.63, 3.8) is 0 Å². The van der Waals surface area contributed by atoms with Crippen LogP contribution in [0.2, 0.25) is 0 Å². The minimum Gasteiger partial charge on any atom is -0.298 e. The Labute approximate surface area is 81.3 Å². The molecule has 0 N–H and O–H groups in total. The van der Waals surface area contributed by atoms with Gasteiger partial charge in [-0.05, 0) is 39.2 Å². The SMILES string of the molecule is CCCC(=O)CN(C)C(C)C1CC1. The van der Waals surface area contributed by atoms with Gasteiger partial charge in [-0.2, -0.15) is 0 Å². The summed E-state index contributed by atoms with van der Waals surface area (Å²) < 4.78 is 0. The molecular formula is C11H21NO. The van der Waals surface area contributed by atoms with Gasteiger partial charge in [0.05, 0.1) is 6.54 Å². The average molecular weight is 183 g/mol. The third-order valence-electron chi connectivity index (χ3n) is 2.95. The average Bonchev–Trinajstić information content (AvgIpc) is 2.85. The van der Waals surface area contributed by atoms with Crippen molar-refractivity contribution < 1.29 is 4.79 Å². The van der Waals surface area contributed by atoms with Gasteiger partial charge in [-0.1, -0.05) is 6.92 Å². The molecule has 1 saturated carbocycles. The summed E-state index contributed by atoms with van der Waals surface area (Å²) in [4.78, 5) is 13.6. The van der Waals surface area contributed by atoms with Crippen molar-refractivity contribution in [1.29, 1.82) is 0 Å². The lowest BCUT2D eigenvalue weighted by atomic mass is 10.1. The first-order valence-corrected chi connectivity index (χ1v) is 5.37. The van der Waals surface area contributed by atoms with Crippen molar-refractivity contribution in [2.45, 2.75) is 45.6 Å². The summed E-state index contributed by atoms with van der Waals surface area (Å²) in [5.41, 5.74) is 0. The second-order valence-corrected chi connectivity index (χ2v) is 4.28. The number of hydrogen-bond donors (Lipinski definition) is 0. The number of carbonyl (C=O) groups is 1. The summed E-state index contributed by atoms with van der Waals surface area (Å²) in [6.07, 6.45) is 4.42. The summed E-state index contributed by atoms with van der Waals surface area (Å²) in [6.45, 7) is 4.94. The lowest BCUT2D eigenvalue weighted by Gasteiger charge is -2.23. The van der Waals surface area contributed by atoms with Crippen LogP contribution in [-0.2, 0) is 4.79 Å². The van der Waals surface area contributed by atoms with E-state index in [-0.39, 0.29) is 0 Å². The number of ketones is 1. The minimum atomic E-state index is 0.387. The second-order valence-electron chi connectivity index (χ2n) is 4.28. The van der Waals surface area contributed by atoms with Crippen molar-refractivity contribution in [3.8, 4) is 0 Å². The fraction of sp³-hybridized carbons (Fsp3) is 0.909. The minimum absolute atomic E-state index is 0.387. The third-order valence-corrected chi connectivity index (χ3v) is 2.95. The first kappa shape index (κ1) is 10.7. The van der Waals surface area contributed by atoms with Crippen LogP contribution in [0, 0.1) is 5.92 Å². The monoisotopic (exact) mass is 183 g/mol. The fourth-order valence-corrected chi connectivity index (χ4v) is 1.72. The van der Waals surface area contributed by atoms with Crippen LogP contribution < -0.4 is 0 Å². The van der Waals surface area contributed by atoms with Crippen LogP contribution in [-0.4, -0.2) is 30.3 Å². The Bertz CT molecular complexity index is 175. The molecule has 1 rings (SSSR count). The van der Waals surface area contributed by atoms with Crippen LogP contribution in [0.15, 0.2) is 0 Å². The first-order chi connectivity index (χ1) is 6.15. The third kappa shape index (κ3) is 3.47. The number of hydrogen-bond acceptors (Lipinski definition) is 2. The zero-order chi connectivity index (χ0) is 9.84. The van der Waals surface area contributed by atoms with Crippen LogP contribution in [0.1, 0.15) is 39.5 Å². The van der Waals surface area contributed by atoms with Crippen LogP contribution >= 0.6 is 0 Å². The highest BCUT2D eigenvalue weighted by Crippen LogP contribution is 2.34. The molecule has 0 radical (unpaired) electrons. The van der Waals surface area contributed by atoms with Gasteiger partial charge in [-0.25, -0.2) is 0 Å². The van der Waals surface area contributed by atoms with Crippen LogP contribution in [0.25, 0.3) is 0 Å². The highest BCUT2D eigenvalue weighted by molar-refractivity contribution is 5.80. The molecule has 0 saturated heterocycles. The Morgan fingerprint density at radius 1 is 1.54 bits per heavy atom. The van der Waals surface area contributed by atoms with Crippen LogP contribution in [0.5, 0.6) is 0 Å².